The molecule has 3 aromatic rings. The largest absolute Gasteiger partial charge is 0.385 e. The Morgan fingerprint density at radius 1 is 1.38 bits per heavy atom. The minimum atomic E-state index is 0.678. The highest BCUT2D eigenvalue weighted by molar-refractivity contribution is 7.09. The second-order valence-electron chi connectivity index (χ2n) is 7.17. The van der Waals surface area contributed by atoms with Crippen molar-refractivity contribution in [2.75, 3.05) is 19.6 Å². The Bertz CT molecular complexity index is 888. The van der Waals surface area contributed by atoms with Crippen LogP contribution in [0.15, 0.2) is 36.2 Å². The molecule has 1 aromatic carbocycles. The van der Waals surface area contributed by atoms with Gasteiger partial charge in [0.2, 0.25) is 0 Å². The van der Waals surface area contributed by atoms with Gasteiger partial charge in [0.25, 0.3) is 0 Å². The molecule has 136 valence electrons. The third-order valence-electron chi connectivity index (χ3n) is 5.15. The summed E-state index contributed by atoms with van der Waals surface area (Å²) in [6, 6.07) is 8.54. The summed E-state index contributed by atoms with van der Waals surface area (Å²) in [5.74, 6) is 1.69. The van der Waals surface area contributed by atoms with Gasteiger partial charge in [0.05, 0.1) is 11.0 Å². The van der Waals surface area contributed by atoms with Gasteiger partial charge < -0.3 is 15.6 Å². The first-order valence-electron chi connectivity index (χ1n) is 9.35. The first-order chi connectivity index (χ1) is 12.7. The predicted octanol–water partition coefficient (Wildman–Crippen LogP) is 4.08. The van der Waals surface area contributed by atoms with Gasteiger partial charge in [-0.2, -0.15) is 0 Å². The number of aryl methyl sites for hydroxylation is 1. The van der Waals surface area contributed by atoms with E-state index in [2.05, 4.69) is 58.8 Å². The Balaban J connectivity index is 1.54. The Labute approximate surface area is 158 Å². The highest BCUT2D eigenvalue weighted by Gasteiger charge is 2.15. The number of fused-ring (bicyclic) bond motifs is 1. The van der Waals surface area contributed by atoms with E-state index < -0.39 is 0 Å². The Morgan fingerprint density at radius 3 is 3.08 bits per heavy atom. The zero-order chi connectivity index (χ0) is 17.9. The number of piperidine rings is 1. The minimum Gasteiger partial charge on any atom is -0.385 e. The molecule has 3 N–H and O–H groups in total. The van der Waals surface area contributed by atoms with Crippen molar-refractivity contribution in [1.29, 1.82) is 0 Å². The molecule has 0 radical (unpaired) electrons. The van der Waals surface area contributed by atoms with Gasteiger partial charge in [-0.1, -0.05) is 24.8 Å². The molecule has 4 nitrogen and oxygen atoms in total. The molecule has 2 aromatic heterocycles. The van der Waals surface area contributed by atoms with E-state index in [-0.39, 0.29) is 0 Å². The fraction of sp³-hybridized carbons (Fsp3) is 0.381. The molecule has 0 unspecified atom stereocenters. The molecule has 26 heavy (non-hydrogen) atoms. The third-order valence-corrected chi connectivity index (χ3v) is 6.02. The van der Waals surface area contributed by atoms with Crippen molar-refractivity contribution in [2.45, 2.75) is 26.2 Å². The zero-order valence-electron chi connectivity index (χ0n) is 15.3. The maximum absolute atomic E-state index is 4.85. The molecule has 0 bridgehead atoms. The van der Waals surface area contributed by atoms with Gasteiger partial charge >= 0.3 is 0 Å². The van der Waals surface area contributed by atoms with Crippen LogP contribution < -0.4 is 10.6 Å². The highest BCUT2D eigenvalue weighted by atomic mass is 32.1. The van der Waals surface area contributed by atoms with E-state index in [0.29, 0.717) is 5.92 Å². The lowest BCUT2D eigenvalue weighted by atomic mass is 9.99. The van der Waals surface area contributed by atoms with Crippen LogP contribution in [-0.4, -0.2) is 29.6 Å². The van der Waals surface area contributed by atoms with Gasteiger partial charge in [-0.3, -0.25) is 0 Å². The van der Waals surface area contributed by atoms with Gasteiger partial charge in [0, 0.05) is 29.1 Å². The van der Waals surface area contributed by atoms with Crippen molar-refractivity contribution in [2.24, 2.45) is 5.92 Å². The molecule has 1 saturated heterocycles. The van der Waals surface area contributed by atoms with Crippen LogP contribution in [-0.2, 0) is 6.42 Å². The molecule has 0 aliphatic carbocycles. The summed E-state index contributed by atoms with van der Waals surface area (Å²) in [6.07, 6.45) is 3.39. The smallest absolute Gasteiger partial charge is 0.112 e. The summed E-state index contributed by atoms with van der Waals surface area (Å²) in [5.41, 5.74) is 5.44. The second kappa shape index (κ2) is 7.64. The molecule has 1 atom stereocenters. The Kier molecular flexibility index (Phi) is 5.09. The highest BCUT2D eigenvalue weighted by Crippen LogP contribution is 2.26. The lowest BCUT2D eigenvalue weighted by molar-refractivity contribution is 0.374. The summed E-state index contributed by atoms with van der Waals surface area (Å²) in [5, 5.41) is 9.14. The van der Waals surface area contributed by atoms with E-state index in [1.807, 2.05) is 0 Å². The summed E-state index contributed by atoms with van der Waals surface area (Å²) in [7, 11) is 0. The Hall–Kier alpha value is -2.11. The SMILES string of the molecule is C=C(NC[C@@H]1CCCNC1)c1ccc(C)c2nc(Cc3cccs3)[nH]c12. The van der Waals surface area contributed by atoms with Crippen LogP contribution in [0.25, 0.3) is 16.7 Å². The summed E-state index contributed by atoms with van der Waals surface area (Å²) < 4.78 is 0. The number of rotatable bonds is 6. The molecule has 4 rings (SSSR count). The number of H-pyrrole nitrogens is 1. The number of hydrogen-bond donors (Lipinski definition) is 3. The van der Waals surface area contributed by atoms with Crippen molar-refractivity contribution >= 4 is 28.1 Å². The number of imidazole rings is 1. The quantitative estimate of drug-likeness (QED) is 0.616. The zero-order valence-corrected chi connectivity index (χ0v) is 16.1. The van der Waals surface area contributed by atoms with Gasteiger partial charge in [0.1, 0.15) is 5.82 Å². The van der Waals surface area contributed by atoms with Crippen LogP contribution >= 0.6 is 11.3 Å². The predicted molar refractivity (Wildman–Crippen MR) is 111 cm³/mol. The number of nitrogens with one attached hydrogen (secondary N) is 3. The van der Waals surface area contributed by atoms with Crippen LogP contribution in [0.1, 0.15) is 34.7 Å². The summed E-state index contributed by atoms with van der Waals surface area (Å²) >= 11 is 1.77. The number of thiophene rings is 1. The van der Waals surface area contributed by atoms with Gasteiger partial charge in [-0.25, -0.2) is 4.98 Å². The molecule has 0 saturated carbocycles. The Morgan fingerprint density at radius 2 is 2.31 bits per heavy atom. The van der Waals surface area contributed by atoms with Crippen LogP contribution in [0.4, 0.5) is 0 Å². The average Bonchev–Trinajstić information content (AvgIpc) is 3.31. The van der Waals surface area contributed by atoms with E-state index in [1.165, 1.54) is 23.3 Å². The van der Waals surface area contributed by atoms with Crippen LogP contribution in [0, 0.1) is 12.8 Å². The van der Waals surface area contributed by atoms with Gasteiger partial charge in [-0.05, 0) is 55.8 Å². The molecule has 0 amide bonds. The molecular formula is C21H26N4S. The van der Waals surface area contributed by atoms with Crippen LogP contribution in [0.2, 0.25) is 0 Å². The standard InChI is InChI=1S/C21H26N4S/c1-14-7-8-18(15(2)23-13-16-5-3-9-22-12-16)21-20(14)24-19(25-21)11-17-6-4-10-26-17/h4,6-8,10,16,22-23H,2-3,5,9,11-13H2,1H3,(H,24,25)/t16-/m1/s1. The summed E-state index contributed by atoms with van der Waals surface area (Å²) in [6.45, 7) is 9.63. The van der Waals surface area contributed by atoms with Crippen LogP contribution in [0.5, 0.6) is 0 Å². The fourth-order valence-corrected chi connectivity index (χ4v) is 4.36. The van der Waals surface area contributed by atoms with Crippen molar-refractivity contribution in [3.8, 4) is 0 Å². The van der Waals surface area contributed by atoms with E-state index >= 15 is 0 Å². The van der Waals surface area contributed by atoms with Gasteiger partial charge in [-0.15, -0.1) is 11.3 Å². The molecule has 1 aliphatic heterocycles. The minimum absolute atomic E-state index is 0.678. The number of nitrogens with zero attached hydrogens (tertiary/aromatic N) is 1. The maximum atomic E-state index is 4.85. The lowest BCUT2D eigenvalue weighted by Gasteiger charge is -2.24. The number of aromatic nitrogens is 2. The summed E-state index contributed by atoms with van der Waals surface area (Å²) in [4.78, 5) is 9.72. The normalized spacial score (nSPS) is 17.5. The molecule has 1 fully saturated rings. The third kappa shape index (κ3) is 3.69. The molecule has 0 spiro atoms. The van der Waals surface area contributed by atoms with Gasteiger partial charge in [0.15, 0.2) is 0 Å². The monoisotopic (exact) mass is 366 g/mol. The van der Waals surface area contributed by atoms with Crippen molar-refractivity contribution in [1.82, 2.24) is 20.6 Å². The lowest BCUT2D eigenvalue weighted by Crippen LogP contribution is -2.35. The first-order valence-corrected chi connectivity index (χ1v) is 10.2. The van der Waals surface area contributed by atoms with E-state index in [9.17, 15) is 0 Å². The fourth-order valence-electron chi connectivity index (χ4n) is 3.65. The molecule has 1 aliphatic rings. The first kappa shape index (κ1) is 17.3. The number of aromatic amines is 1. The molecular weight excluding hydrogens is 340 g/mol. The van der Waals surface area contributed by atoms with Crippen molar-refractivity contribution < 1.29 is 0 Å². The molecule has 5 heteroatoms. The average molecular weight is 367 g/mol. The van der Waals surface area contributed by atoms with Crippen LogP contribution in [0.3, 0.4) is 0 Å². The van der Waals surface area contributed by atoms with Crippen molar-refractivity contribution in [3.63, 3.8) is 0 Å². The van der Waals surface area contributed by atoms with E-state index in [4.69, 9.17) is 4.98 Å². The van der Waals surface area contributed by atoms with Crippen molar-refractivity contribution in [3.05, 3.63) is 58.1 Å². The number of benzene rings is 1. The van der Waals surface area contributed by atoms with E-state index in [0.717, 1.165) is 54.2 Å². The number of hydrogen-bond acceptors (Lipinski definition) is 4. The molecule has 3 heterocycles. The second-order valence-corrected chi connectivity index (χ2v) is 8.20. The maximum Gasteiger partial charge on any atom is 0.112 e. The topological polar surface area (TPSA) is 52.7 Å². The van der Waals surface area contributed by atoms with E-state index in [1.54, 1.807) is 11.3 Å².